The third kappa shape index (κ3) is 6.80. The molecule has 0 radical (unpaired) electrons. The Morgan fingerprint density at radius 1 is 1.22 bits per heavy atom. The molecule has 2 saturated heterocycles. The average Bonchev–Trinajstić information content (AvgIpc) is 3.56. The normalized spacial score (nSPS) is 17.0. The second kappa shape index (κ2) is 12.3. The van der Waals surface area contributed by atoms with E-state index in [2.05, 4.69) is 25.9 Å². The standard InChI is InChI=1S/C22H24N10O12S2/c1-22(2,18(38)39)44-28-14(11-8-45-19(23)26-11)16(36)25-10-7-30(17(10)37)20(40)29-46(42,43)32-4-3-31(21(32)41)27-15(35)9-5-12(33)13(34)6-24-9/h5-6,8,10,34H,3-4,7H2,1-2H3,(H2,23,26)(H,24,33)(H,25,36)(H,27,35)(H,29,40)(H,38,39)/b28-14+/t10-/m0/s1. The van der Waals surface area contributed by atoms with Gasteiger partial charge in [-0.05, 0) is 13.8 Å². The Kier molecular flexibility index (Phi) is 8.86. The van der Waals surface area contributed by atoms with Crippen LogP contribution < -0.4 is 26.6 Å². The number of nitrogens with zero attached hydrogens (tertiary/aromatic N) is 5. The number of rotatable bonds is 10. The number of carboxylic acids is 1. The van der Waals surface area contributed by atoms with Crippen LogP contribution in [-0.4, -0.2) is 116 Å². The number of carboxylic acid groups (broad SMARTS) is 1. The summed E-state index contributed by atoms with van der Waals surface area (Å²) in [5.41, 5.74) is 3.93. The van der Waals surface area contributed by atoms with E-state index in [-0.39, 0.29) is 27.4 Å². The van der Waals surface area contributed by atoms with Crippen molar-refractivity contribution in [3.05, 3.63) is 39.3 Å². The fourth-order valence-electron chi connectivity index (χ4n) is 3.58. The first-order valence-corrected chi connectivity index (χ1v) is 14.9. The number of nitrogens with two attached hydrogens (primary N) is 1. The third-order valence-corrected chi connectivity index (χ3v) is 8.22. The number of carbonyl (C=O) groups is 6. The van der Waals surface area contributed by atoms with Crippen LogP contribution in [0, 0.1) is 0 Å². The largest absolute Gasteiger partial charge is 0.503 e. The lowest BCUT2D eigenvalue weighted by Gasteiger charge is -2.36. The molecule has 22 nitrogen and oxygen atoms in total. The number of hydrogen-bond acceptors (Lipinski definition) is 15. The number of carbonyl (C=O) groups excluding carboxylic acids is 5. The summed E-state index contributed by atoms with van der Waals surface area (Å²) in [5.74, 6) is -5.19. The highest BCUT2D eigenvalue weighted by atomic mass is 32.2. The first kappa shape index (κ1) is 33.1. The van der Waals surface area contributed by atoms with E-state index in [1.807, 2.05) is 0 Å². The van der Waals surface area contributed by atoms with Crippen molar-refractivity contribution in [2.45, 2.75) is 25.5 Å². The molecule has 4 heterocycles. The van der Waals surface area contributed by atoms with Crippen LogP contribution in [0.5, 0.6) is 5.75 Å². The number of urea groups is 2. The lowest BCUT2D eigenvalue weighted by Crippen LogP contribution is -2.68. The summed E-state index contributed by atoms with van der Waals surface area (Å²) in [4.78, 5) is 97.6. The number of aromatic hydroxyl groups is 1. The predicted molar refractivity (Wildman–Crippen MR) is 152 cm³/mol. The van der Waals surface area contributed by atoms with E-state index < -0.39 is 87.6 Å². The summed E-state index contributed by atoms with van der Waals surface area (Å²) in [6, 6.07) is -3.34. The molecule has 0 bridgehead atoms. The third-order valence-electron chi connectivity index (χ3n) is 6.19. The molecule has 2 fully saturated rings. The molecule has 2 aromatic heterocycles. The predicted octanol–water partition coefficient (Wildman–Crippen LogP) is -2.93. The van der Waals surface area contributed by atoms with E-state index in [1.54, 1.807) is 4.72 Å². The van der Waals surface area contributed by atoms with Gasteiger partial charge in [-0.3, -0.25) is 29.5 Å². The molecule has 4 rings (SSSR count). The maximum atomic E-state index is 12.9. The number of aliphatic carboxylic acids is 1. The number of thiazole rings is 1. The fourth-order valence-corrected chi connectivity index (χ4v) is 5.20. The molecule has 0 aliphatic carbocycles. The monoisotopic (exact) mass is 684 g/mol. The van der Waals surface area contributed by atoms with Gasteiger partial charge in [0.2, 0.25) is 11.0 Å². The van der Waals surface area contributed by atoms with Gasteiger partial charge in [-0.15, -0.1) is 11.3 Å². The van der Waals surface area contributed by atoms with Crippen LogP contribution in [0.3, 0.4) is 0 Å². The highest BCUT2D eigenvalue weighted by molar-refractivity contribution is 7.88. The number of oxime groups is 1. The van der Waals surface area contributed by atoms with Gasteiger partial charge in [-0.2, -0.15) is 8.42 Å². The van der Waals surface area contributed by atoms with Gasteiger partial charge in [-0.1, -0.05) is 5.16 Å². The zero-order chi connectivity index (χ0) is 34.1. The molecule has 0 aromatic carbocycles. The molecule has 7 amide bonds. The molecule has 246 valence electrons. The van der Waals surface area contributed by atoms with Crippen molar-refractivity contribution in [1.29, 1.82) is 0 Å². The summed E-state index contributed by atoms with van der Waals surface area (Å²) in [6.45, 7) is 0.924. The number of anilines is 1. The van der Waals surface area contributed by atoms with E-state index in [0.29, 0.717) is 9.91 Å². The van der Waals surface area contributed by atoms with Crippen molar-refractivity contribution < 1.29 is 52.2 Å². The lowest BCUT2D eigenvalue weighted by atomic mass is 10.1. The number of H-pyrrole nitrogens is 1. The Bertz CT molecular complexity index is 1840. The SMILES string of the molecule is CC(C)(O/N=C(/C(=O)N[C@H]1CN(C(=O)NS(=O)(=O)N2CCN(NC(=O)c3cc(=O)c(O)c[nH]3)C2=O)C1=O)c1csc(N)n1)C(=O)O. The van der Waals surface area contributed by atoms with Crippen LogP contribution in [0.25, 0.3) is 0 Å². The summed E-state index contributed by atoms with van der Waals surface area (Å²) in [6.07, 6.45) is 0.837. The number of aromatic amines is 1. The number of likely N-dealkylation sites (tertiary alicyclic amines) is 1. The Balaban J connectivity index is 1.35. The van der Waals surface area contributed by atoms with Crippen LogP contribution in [0.2, 0.25) is 0 Å². The van der Waals surface area contributed by atoms with Crippen LogP contribution in [0.4, 0.5) is 14.7 Å². The number of nitrogen functional groups attached to an aromatic ring is 1. The average molecular weight is 685 g/mol. The number of hydrogen-bond donors (Lipinski definition) is 7. The topological polar surface area (TPSA) is 316 Å². The first-order chi connectivity index (χ1) is 21.4. The van der Waals surface area contributed by atoms with Gasteiger partial charge in [0.1, 0.15) is 17.4 Å². The molecular weight excluding hydrogens is 660 g/mol. The second-order valence-electron chi connectivity index (χ2n) is 9.85. The molecule has 8 N–H and O–H groups in total. The molecular formula is C22H24N10O12S2. The van der Waals surface area contributed by atoms with Gasteiger partial charge < -0.3 is 31.1 Å². The molecule has 2 aliphatic rings. The van der Waals surface area contributed by atoms with E-state index in [0.717, 1.165) is 37.4 Å². The number of amides is 7. The minimum atomic E-state index is -4.90. The summed E-state index contributed by atoms with van der Waals surface area (Å²) in [7, 11) is -4.90. The Labute approximate surface area is 260 Å². The molecule has 1 atom stereocenters. The van der Waals surface area contributed by atoms with Gasteiger partial charge >= 0.3 is 28.2 Å². The van der Waals surface area contributed by atoms with Crippen LogP contribution in [-0.2, 0) is 29.4 Å². The fraction of sp³-hybridized carbons (Fsp3) is 0.318. The molecule has 0 spiro atoms. The van der Waals surface area contributed by atoms with Gasteiger partial charge in [0.05, 0.1) is 19.6 Å². The van der Waals surface area contributed by atoms with Crippen molar-refractivity contribution in [2.75, 3.05) is 25.4 Å². The number of β-lactam (4-membered cyclic amide) rings is 1. The Morgan fingerprint density at radius 2 is 1.91 bits per heavy atom. The number of nitrogens with one attached hydrogen (secondary N) is 4. The van der Waals surface area contributed by atoms with Gasteiger partial charge in [-0.25, -0.2) is 33.4 Å². The summed E-state index contributed by atoms with van der Waals surface area (Å²) in [5, 5.41) is 26.3. The van der Waals surface area contributed by atoms with E-state index in [1.165, 1.54) is 5.38 Å². The smallest absolute Gasteiger partial charge is 0.353 e. The maximum absolute atomic E-state index is 12.9. The Morgan fingerprint density at radius 3 is 2.50 bits per heavy atom. The van der Waals surface area contributed by atoms with E-state index in [4.69, 9.17) is 10.6 Å². The van der Waals surface area contributed by atoms with Crippen molar-refractivity contribution in [1.82, 2.24) is 39.6 Å². The molecule has 2 aromatic rings. The van der Waals surface area contributed by atoms with E-state index in [9.17, 15) is 52.2 Å². The zero-order valence-corrected chi connectivity index (χ0v) is 25.2. The first-order valence-electron chi connectivity index (χ1n) is 12.6. The molecule has 46 heavy (non-hydrogen) atoms. The van der Waals surface area contributed by atoms with E-state index >= 15 is 0 Å². The van der Waals surface area contributed by atoms with Crippen LogP contribution in [0.1, 0.15) is 30.0 Å². The van der Waals surface area contributed by atoms with Gasteiger partial charge in [0, 0.05) is 17.6 Å². The summed E-state index contributed by atoms with van der Waals surface area (Å²) >= 11 is 0.928. The Hall–Kier alpha value is -5.78. The van der Waals surface area contributed by atoms with Crippen LogP contribution in [0.15, 0.2) is 27.6 Å². The molecule has 0 saturated carbocycles. The number of hydrazine groups is 1. The van der Waals surface area contributed by atoms with Crippen molar-refractivity contribution in [3.63, 3.8) is 0 Å². The van der Waals surface area contributed by atoms with Gasteiger partial charge in [0.15, 0.2) is 16.6 Å². The lowest BCUT2D eigenvalue weighted by molar-refractivity contribution is -0.161. The maximum Gasteiger partial charge on any atom is 0.353 e. The van der Waals surface area contributed by atoms with Crippen molar-refractivity contribution in [2.24, 2.45) is 5.16 Å². The minimum Gasteiger partial charge on any atom is -0.503 e. The van der Waals surface area contributed by atoms with Crippen molar-refractivity contribution in [3.8, 4) is 5.75 Å². The summed E-state index contributed by atoms with van der Waals surface area (Å²) < 4.78 is 27.3. The van der Waals surface area contributed by atoms with Crippen molar-refractivity contribution >= 4 is 68.1 Å². The molecule has 24 heteroatoms. The molecule has 2 aliphatic heterocycles. The number of aromatic nitrogens is 2. The van der Waals surface area contributed by atoms with Crippen LogP contribution >= 0.6 is 11.3 Å². The number of pyridine rings is 1. The molecule has 0 unspecified atom stereocenters. The van der Waals surface area contributed by atoms with Gasteiger partial charge in [0.25, 0.3) is 17.7 Å². The zero-order valence-electron chi connectivity index (χ0n) is 23.5. The highest BCUT2D eigenvalue weighted by Gasteiger charge is 2.46. The highest BCUT2D eigenvalue weighted by Crippen LogP contribution is 2.18. The quantitative estimate of drug-likeness (QED) is 0.0749. The minimum absolute atomic E-state index is 0.0347. The number of imide groups is 1. The second-order valence-corrected chi connectivity index (χ2v) is 12.3.